The second kappa shape index (κ2) is 6.74. The lowest BCUT2D eigenvalue weighted by molar-refractivity contribution is -0.384. The van der Waals surface area contributed by atoms with Crippen LogP contribution in [0.25, 0.3) is 0 Å². The van der Waals surface area contributed by atoms with Crippen LogP contribution in [0.2, 0.25) is 0 Å². The zero-order valence-corrected chi connectivity index (χ0v) is 13.1. The molecule has 0 saturated heterocycles. The van der Waals surface area contributed by atoms with Gasteiger partial charge in [-0.05, 0) is 26.3 Å². The normalized spacial score (nSPS) is 12.0. The second-order valence-corrected chi connectivity index (χ2v) is 6.19. The molecule has 1 rings (SSSR count). The molecule has 0 saturated carbocycles. The first-order valence-corrected chi connectivity index (χ1v) is 6.82. The summed E-state index contributed by atoms with van der Waals surface area (Å²) in [6, 6.07) is 5.09. The number of hydrogen-bond donors (Lipinski definition) is 2. The van der Waals surface area contributed by atoms with E-state index in [2.05, 4.69) is 0 Å². The highest BCUT2D eigenvalue weighted by Crippen LogP contribution is 2.28. The molecule has 0 spiro atoms. The molecule has 23 heavy (non-hydrogen) atoms. The first-order valence-electron chi connectivity index (χ1n) is 6.82. The van der Waals surface area contributed by atoms with Crippen LogP contribution in [0.1, 0.15) is 26.3 Å². The highest BCUT2D eigenvalue weighted by atomic mass is 16.6. The summed E-state index contributed by atoms with van der Waals surface area (Å²) in [4.78, 5) is 33.2. The minimum Gasteiger partial charge on any atom is -0.480 e. The van der Waals surface area contributed by atoms with E-state index in [-0.39, 0.29) is 12.1 Å². The van der Waals surface area contributed by atoms with Gasteiger partial charge < -0.3 is 14.9 Å². The van der Waals surface area contributed by atoms with Gasteiger partial charge in [-0.1, -0.05) is 12.1 Å². The van der Waals surface area contributed by atoms with Crippen LogP contribution in [0.4, 0.5) is 5.69 Å². The van der Waals surface area contributed by atoms with E-state index < -0.39 is 34.5 Å². The molecule has 0 amide bonds. The molecule has 0 aliphatic rings. The lowest BCUT2D eigenvalue weighted by atomic mass is 9.82. The molecule has 1 aromatic rings. The Balaban J connectivity index is 3.11. The molecular formula is C15H19NO7. The number of nitro benzene ring substituents is 1. The zero-order chi connectivity index (χ0) is 17.8. The van der Waals surface area contributed by atoms with E-state index in [4.69, 9.17) is 4.74 Å². The van der Waals surface area contributed by atoms with Crippen LogP contribution in [0.3, 0.4) is 0 Å². The molecule has 0 fully saturated rings. The van der Waals surface area contributed by atoms with Crippen molar-refractivity contribution in [3.63, 3.8) is 0 Å². The van der Waals surface area contributed by atoms with Crippen molar-refractivity contribution < 1.29 is 29.5 Å². The Bertz CT molecular complexity index is 587. The molecule has 126 valence electrons. The van der Waals surface area contributed by atoms with Crippen molar-refractivity contribution in [2.24, 2.45) is 5.41 Å². The fourth-order valence-corrected chi connectivity index (χ4v) is 1.84. The summed E-state index contributed by atoms with van der Waals surface area (Å²) in [7, 11) is 0. The molecular weight excluding hydrogens is 306 g/mol. The number of aliphatic carboxylic acids is 2. The van der Waals surface area contributed by atoms with Crippen LogP contribution < -0.4 is 0 Å². The van der Waals surface area contributed by atoms with Crippen molar-refractivity contribution in [3.8, 4) is 0 Å². The topological polar surface area (TPSA) is 127 Å². The predicted molar refractivity (Wildman–Crippen MR) is 80.2 cm³/mol. The van der Waals surface area contributed by atoms with Gasteiger partial charge in [0.15, 0.2) is 5.41 Å². The molecule has 2 N–H and O–H groups in total. The van der Waals surface area contributed by atoms with Gasteiger partial charge in [-0.2, -0.15) is 0 Å². The third kappa shape index (κ3) is 4.75. The monoisotopic (exact) mass is 325 g/mol. The number of carbonyl (C=O) groups is 2. The quantitative estimate of drug-likeness (QED) is 0.446. The number of benzene rings is 1. The third-order valence-corrected chi connectivity index (χ3v) is 3.22. The van der Waals surface area contributed by atoms with Crippen molar-refractivity contribution in [1.29, 1.82) is 0 Å². The van der Waals surface area contributed by atoms with Gasteiger partial charge >= 0.3 is 11.9 Å². The molecule has 0 aromatic heterocycles. The summed E-state index contributed by atoms with van der Waals surface area (Å²) in [5.74, 6) is -3.04. The van der Waals surface area contributed by atoms with Crippen LogP contribution in [0.15, 0.2) is 24.3 Å². The molecule has 0 radical (unpaired) electrons. The summed E-state index contributed by atoms with van der Waals surface area (Å²) in [6.07, 6.45) is -0.342. The van der Waals surface area contributed by atoms with Crippen LogP contribution in [-0.4, -0.2) is 39.3 Å². The summed E-state index contributed by atoms with van der Waals surface area (Å²) in [6.45, 7) is 4.55. The van der Waals surface area contributed by atoms with Crippen LogP contribution >= 0.6 is 0 Å². The Morgan fingerprint density at radius 2 is 1.61 bits per heavy atom. The Morgan fingerprint density at radius 1 is 1.13 bits per heavy atom. The van der Waals surface area contributed by atoms with E-state index in [1.165, 1.54) is 24.3 Å². The second-order valence-electron chi connectivity index (χ2n) is 6.19. The zero-order valence-electron chi connectivity index (χ0n) is 13.1. The van der Waals surface area contributed by atoms with Crippen molar-refractivity contribution in [3.05, 3.63) is 39.9 Å². The standard InChI is InChI=1S/C15H19NO7/c1-14(2,3)23-9-15(12(17)18,13(19)20)8-10-4-6-11(7-5-10)16(21)22/h4-7H,8-9H2,1-3H3,(H,17,18)(H,19,20). The van der Waals surface area contributed by atoms with Gasteiger partial charge in [-0.25, -0.2) is 0 Å². The van der Waals surface area contributed by atoms with Crippen LogP contribution in [0, 0.1) is 15.5 Å². The number of carboxylic acid groups (broad SMARTS) is 2. The molecule has 0 aliphatic heterocycles. The first kappa shape index (κ1) is 18.6. The summed E-state index contributed by atoms with van der Waals surface area (Å²) >= 11 is 0. The number of non-ortho nitro benzene ring substituents is 1. The first-order chi connectivity index (χ1) is 10.5. The van der Waals surface area contributed by atoms with E-state index in [0.717, 1.165) is 0 Å². The Morgan fingerprint density at radius 3 is 1.96 bits per heavy atom. The maximum atomic E-state index is 11.6. The van der Waals surface area contributed by atoms with Gasteiger partial charge in [-0.15, -0.1) is 0 Å². The smallest absolute Gasteiger partial charge is 0.323 e. The minimum absolute atomic E-state index is 0.157. The van der Waals surface area contributed by atoms with Gasteiger partial charge in [0.25, 0.3) is 5.69 Å². The molecule has 0 unspecified atom stereocenters. The largest absolute Gasteiger partial charge is 0.480 e. The average molecular weight is 325 g/mol. The fraction of sp³-hybridized carbons (Fsp3) is 0.467. The maximum Gasteiger partial charge on any atom is 0.323 e. The predicted octanol–water partition coefficient (Wildman–Crippen LogP) is 2.11. The molecule has 0 bridgehead atoms. The van der Waals surface area contributed by atoms with Crippen molar-refractivity contribution in [2.75, 3.05) is 6.61 Å². The van der Waals surface area contributed by atoms with E-state index in [1.54, 1.807) is 20.8 Å². The fourth-order valence-electron chi connectivity index (χ4n) is 1.84. The lowest BCUT2D eigenvalue weighted by Gasteiger charge is -2.29. The number of nitrogens with zero attached hydrogens (tertiary/aromatic N) is 1. The van der Waals surface area contributed by atoms with E-state index in [0.29, 0.717) is 5.56 Å². The van der Waals surface area contributed by atoms with Gasteiger partial charge in [0.1, 0.15) is 0 Å². The lowest BCUT2D eigenvalue weighted by Crippen LogP contribution is -2.47. The highest BCUT2D eigenvalue weighted by molar-refractivity contribution is 5.98. The summed E-state index contributed by atoms with van der Waals surface area (Å²) in [5.41, 5.74) is -2.66. The Hall–Kier alpha value is -2.48. The number of carboxylic acids is 2. The van der Waals surface area contributed by atoms with Crippen molar-refractivity contribution >= 4 is 17.6 Å². The highest BCUT2D eigenvalue weighted by Gasteiger charge is 2.48. The number of hydrogen-bond acceptors (Lipinski definition) is 5. The van der Waals surface area contributed by atoms with Crippen LogP contribution in [-0.2, 0) is 20.7 Å². The van der Waals surface area contributed by atoms with Gasteiger partial charge in [0, 0.05) is 18.6 Å². The number of nitro groups is 1. The summed E-state index contributed by atoms with van der Waals surface area (Å²) < 4.78 is 5.38. The SMILES string of the molecule is CC(C)(C)OCC(Cc1ccc([N+](=O)[O-])cc1)(C(=O)O)C(=O)O. The van der Waals surface area contributed by atoms with E-state index >= 15 is 0 Å². The number of ether oxygens (including phenoxy) is 1. The third-order valence-electron chi connectivity index (χ3n) is 3.22. The average Bonchev–Trinajstić information content (AvgIpc) is 2.42. The van der Waals surface area contributed by atoms with Crippen LogP contribution in [0.5, 0.6) is 0 Å². The minimum atomic E-state index is -2.16. The molecule has 8 nitrogen and oxygen atoms in total. The van der Waals surface area contributed by atoms with E-state index in [1.807, 2.05) is 0 Å². The Kier molecular flexibility index (Phi) is 5.44. The molecule has 1 aromatic carbocycles. The summed E-state index contributed by atoms with van der Waals surface area (Å²) in [5, 5.41) is 29.5. The maximum absolute atomic E-state index is 11.6. The van der Waals surface area contributed by atoms with Gasteiger partial charge in [0.05, 0.1) is 17.1 Å². The molecule has 0 aliphatic carbocycles. The molecule has 8 heteroatoms. The van der Waals surface area contributed by atoms with Gasteiger partial charge in [-0.3, -0.25) is 19.7 Å². The number of rotatable bonds is 7. The van der Waals surface area contributed by atoms with Crippen molar-refractivity contribution in [2.45, 2.75) is 32.8 Å². The van der Waals surface area contributed by atoms with E-state index in [9.17, 15) is 29.9 Å². The van der Waals surface area contributed by atoms with Crippen molar-refractivity contribution in [1.82, 2.24) is 0 Å². The molecule has 0 atom stereocenters. The Labute approximate surface area is 132 Å². The van der Waals surface area contributed by atoms with Gasteiger partial charge in [0.2, 0.25) is 0 Å². The molecule has 0 heterocycles.